The first-order chi connectivity index (χ1) is 9.58. The number of hydrogen-bond acceptors (Lipinski definition) is 2. The van der Waals surface area contributed by atoms with Gasteiger partial charge in [0, 0.05) is 10.9 Å². The maximum absolute atomic E-state index is 12.5. The average molecular weight is 285 g/mol. The maximum atomic E-state index is 12.5. The lowest BCUT2D eigenvalue weighted by molar-refractivity contribution is 0.101. The number of fused-ring (bicyclic) bond motifs is 1. The molecule has 0 fully saturated rings. The lowest BCUT2D eigenvalue weighted by atomic mass is 10.1. The summed E-state index contributed by atoms with van der Waals surface area (Å²) in [4.78, 5) is 12.5. The summed E-state index contributed by atoms with van der Waals surface area (Å²) in [5.74, 6) is 0.135. The third-order valence-electron chi connectivity index (χ3n) is 3.40. The first kappa shape index (κ1) is 12.9. The summed E-state index contributed by atoms with van der Waals surface area (Å²) in [6.07, 6.45) is 0. The van der Waals surface area contributed by atoms with Crippen LogP contribution in [0.3, 0.4) is 0 Å². The van der Waals surface area contributed by atoms with Gasteiger partial charge >= 0.3 is 0 Å². The summed E-state index contributed by atoms with van der Waals surface area (Å²) in [7, 11) is 0. The number of carbonyl (C=O) groups is 1. The van der Waals surface area contributed by atoms with Crippen molar-refractivity contribution in [2.75, 3.05) is 0 Å². The Labute approximate surface area is 122 Å². The highest BCUT2D eigenvalue weighted by Crippen LogP contribution is 2.27. The lowest BCUT2D eigenvalue weighted by Crippen LogP contribution is -2.01. The zero-order valence-electron chi connectivity index (χ0n) is 11.2. The van der Waals surface area contributed by atoms with Crippen molar-refractivity contribution in [3.63, 3.8) is 0 Å². The highest BCUT2D eigenvalue weighted by molar-refractivity contribution is 6.35. The second-order valence-electron chi connectivity index (χ2n) is 4.87. The molecule has 2 aromatic carbocycles. The Bertz CT molecular complexity index is 815. The van der Waals surface area contributed by atoms with Crippen molar-refractivity contribution in [2.24, 2.45) is 0 Å². The number of ketones is 1. The maximum Gasteiger partial charge on any atom is 0.229 e. The van der Waals surface area contributed by atoms with Gasteiger partial charge in [-0.15, -0.1) is 0 Å². The fourth-order valence-electron chi connectivity index (χ4n) is 2.28. The fraction of sp³-hybridized carbons (Fsp3) is 0.118. The van der Waals surface area contributed by atoms with E-state index in [0.29, 0.717) is 16.3 Å². The normalized spacial score (nSPS) is 10.9. The van der Waals surface area contributed by atoms with E-state index in [1.807, 2.05) is 44.2 Å². The van der Waals surface area contributed by atoms with E-state index in [2.05, 4.69) is 0 Å². The van der Waals surface area contributed by atoms with Crippen molar-refractivity contribution in [1.29, 1.82) is 0 Å². The van der Waals surface area contributed by atoms with Crippen molar-refractivity contribution in [2.45, 2.75) is 13.8 Å². The molecule has 0 unspecified atom stereocenters. The third kappa shape index (κ3) is 2.02. The van der Waals surface area contributed by atoms with E-state index >= 15 is 0 Å². The minimum absolute atomic E-state index is 0.186. The lowest BCUT2D eigenvalue weighted by Gasteiger charge is -2.03. The van der Waals surface area contributed by atoms with Crippen LogP contribution >= 0.6 is 11.6 Å². The number of rotatable bonds is 2. The second kappa shape index (κ2) is 4.80. The molecule has 0 aliphatic heterocycles. The van der Waals surface area contributed by atoms with E-state index in [4.69, 9.17) is 16.0 Å². The first-order valence-electron chi connectivity index (χ1n) is 6.37. The van der Waals surface area contributed by atoms with Gasteiger partial charge in [-0.3, -0.25) is 4.79 Å². The van der Waals surface area contributed by atoms with Gasteiger partial charge in [-0.1, -0.05) is 41.9 Å². The Morgan fingerprint density at radius 2 is 1.75 bits per heavy atom. The average Bonchev–Trinajstić information content (AvgIpc) is 2.87. The molecule has 3 rings (SSSR count). The van der Waals surface area contributed by atoms with Crippen LogP contribution in [-0.2, 0) is 0 Å². The standard InChI is InChI=1S/C17H13ClO2/c1-10-5-4-8-13(15(10)18)16(19)14-9-12-7-3-6-11(2)17(12)20-14/h3-9H,1-2H3. The van der Waals surface area contributed by atoms with Crippen molar-refractivity contribution in [1.82, 2.24) is 0 Å². The van der Waals surface area contributed by atoms with Crippen LogP contribution in [0, 0.1) is 13.8 Å². The molecule has 20 heavy (non-hydrogen) atoms. The molecule has 1 aromatic heterocycles. The molecular formula is C17H13ClO2. The number of para-hydroxylation sites is 1. The monoisotopic (exact) mass is 284 g/mol. The van der Waals surface area contributed by atoms with Crippen molar-refractivity contribution >= 4 is 28.4 Å². The molecule has 0 spiro atoms. The van der Waals surface area contributed by atoms with Crippen LogP contribution in [0.25, 0.3) is 11.0 Å². The van der Waals surface area contributed by atoms with Crippen LogP contribution in [-0.4, -0.2) is 5.78 Å². The number of carbonyl (C=O) groups excluding carboxylic acids is 1. The molecule has 3 aromatic rings. The predicted molar refractivity (Wildman–Crippen MR) is 80.6 cm³/mol. The molecule has 0 atom stereocenters. The summed E-state index contributed by atoms with van der Waals surface area (Å²) in [5, 5.41) is 1.41. The number of aryl methyl sites for hydroxylation is 2. The van der Waals surface area contributed by atoms with Gasteiger partial charge in [0.2, 0.25) is 5.78 Å². The molecule has 100 valence electrons. The van der Waals surface area contributed by atoms with Gasteiger partial charge in [0.05, 0.1) is 5.02 Å². The molecule has 0 N–H and O–H groups in total. The first-order valence-corrected chi connectivity index (χ1v) is 6.74. The minimum Gasteiger partial charge on any atom is -0.452 e. The Hall–Kier alpha value is -2.06. The van der Waals surface area contributed by atoms with Crippen LogP contribution in [0.5, 0.6) is 0 Å². The largest absolute Gasteiger partial charge is 0.452 e. The van der Waals surface area contributed by atoms with Crippen LogP contribution in [0.1, 0.15) is 27.2 Å². The highest BCUT2D eigenvalue weighted by Gasteiger charge is 2.18. The van der Waals surface area contributed by atoms with E-state index < -0.39 is 0 Å². The van der Waals surface area contributed by atoms with E-state index in [9.17, 15) is 4.79 Å². The van der Waals surface area contributed by atoms with Crippen LogP contribution < -0.4 is 0 Å². The molecule has 0 saturated carbocycles. The number of halogens is 1. The molecule has 0 saturated heterocycles. The Balaban J connectivity index is 2.13. The molecule has 0 aliphatic carbocycles. The summed E-state index contributed by atoms with van der Waals surface area (Å²) in [5.41, 5.74) is 3.12. The fourth-order valence-corrected chi connectivity index (χ4v) is 2.49. The summed E-state index contributed by atoms with van der Waals surface area (Å²) < 4.78 is 5.70. The smallest absolute Gasteiger partial charge is 0.229 e. The molecule has 0 amide bonds. The van der Waals surface area contributed by atoms with Crippen molar-refractivity contribution < 1.29 is 9.21 Å². The van der Waals surface area contributed by atoms with Gasteiger partial charge in [-0.25, -0.2) is 0 Å². The zero-order valence-corrected chi connectivity index (χ0v) is 12.0. The van der Waals surface area contributed by atoms with E-state index in [0.717, 1.165) is 22.1 Å². The number of benzene rings is 2. The van der Waals surface area contributed by atoms with E-state index in [1.54, 1.807) is 12.1 Å². The number of hydrogen-bond donors (Lipinski definition) is 0. The van der Waals surface area contributed by atoms with Gasteiger partial charge in [0.1, 0.15) is 5.58 Å². The SMILES string of the molecule is Cc1cccc(C(=O)c2cc3cccc(C)c3o2)c1Cl. The molecule has 0 bridgehead atoms. The van der Waals surface area contributed by atoms with Gasteiger partial charge in [0.15, 0.2) is 5.76 Å². The Kier molecular flexibility index (Phi) is 3.11. The van der Waals surface area contributed by atoms with E-state index in [1.165, 1.54) is 0 Å². The second-order valence-corrected chi connectivity index (χ2v) is 5.25. The minimum atomic E-state index is -0.186. The quantitative estimate of drug-likeness (QED) is 0.624. The number of furan rings is 1. The van der Waals surface area contributed by atoms with Crippen molar-refractivity contribution in [3.05, 3.63) is 69.9 Å². The Morgan fingerprint density at radius 1 is 1.05 bits per heavy atom. The summed E-state index contributed by atoms with van der Waals surface area (Å²) in [6.45, 7) is 3.83. The zero-order chi connectivity index (χ0) is 14.3. The van der Waals surface area contributed by atoms with Crippen LogP contribution in [0.2, 0.25) is 5.02 Å². The molecular weight excluding hydrogens is 272 g/mol. The van der Waals surface area contributed by atoms with Gasteiger partial charge in [0.25, 0.3) is 0 Å². The molecule has 1 heterocycles. The molecule has 0 aliphatic rings. The van der Waals surface area contributed by atoms with Gasteiger partial charge in [-0.2, -0.15) is 0 Å². The van der Waals surface area contributed by atoms with E-state index in [-0.39, 0.29) is 5.78 Å². The van der Waals surface area contributed by atoms with Crippen LogP contribution in [0.4, 0.5) is 0 Å². The Morgan fingerprint density at radius 3 is 2.50 bits per heavy atom. The van der Waals surface area contributed by atoms with Crippen LogP contribution in [0.15, 0.2) is 46.9 Å². The third-order valence-corrected chi connectivity index (χ3v) is 3.90. The predicted octanol–water partition coefficient (Wildman–Crippen LogP) is 4.93. The van der Waals surface area contributed by atoms with Crippen molar-refractivity contribution in [3.8, 4) is 0 Å². The van der Waals surface area contributed by atoms with Gasteiger partial charge in [-0.05, 0) is 37.1 Å². The molecule has 3 heteroatoms. The molecule has 2 nitrogen and oxygen atoms in total. The molecule has 0 radical (unpaired) electrons. The topological polar surface area (TPSA) is 30.2 Å². The van der Waals surface area contributed by atoms with Gasteiger partial charge < -0.3 is 4.42 Å². The highest BCUT2D eigenvalue weighted by atomic mass is 35.5. The summed E-state index contributed by atoms with van der Waals surface area (Å²) >= 11 is 6.21. The summed E-state index contributed by atoms with van der Waals surface area (Å²) in [6, 6.07) is 13.0.